The van der Waals surface area contributed by atoms with Crippen LogP contribution in [0, 0.1) is 5.92 Å². The molecule has 152 valence electrons. The predicted octanol–water partition coefficient (Wildman–Crippen LogP) is 4.54. The Balaban J connectivity index is 1.41. The lowest BCUT2D eigenvalue weighted by atomic mass is 9.85. The summed E-state index contributed by atoms with van der Waals surface area (Å²) in [5.41, 5.74) is 2.28. The first-order valence-corrected chi connectivity index (χ1v) is 10.4. The van der Waals surface area contributed by atoms with Gasteiger partial charge in [-0.1, -0.05) is 11.6 Å². The van der Waals surface area contributed by atoms with Crippen molar-refractivity contribution in [3.8, 4) is 11.3 Å². The summed E-state index contributed by atoms with van der Waals surface area (Å²) in [6.45, 7) is 3.34. The molecule has 2 aromatic rings. The molecule has 1 aliphatic heterocycles. The fourth-order valence-corrected chi connectivity index (χ4v) is 4.30. The molecule has 0 unspecified atom stereocenters. The monoisotopic (exact) mass is 409 g/mol. The molecular weight excluding hydrogens is 384 g/mol. The van der Waals surface area contributed by atoms with Crippen LogP contribution in [0.4, 0.5) is 14.5 Å². The number of nitrogens with one attached hydrogen (secondary N) is 1. The van der Waals surface area contributed by atoms with E-state index < -0.39 is 13.0 Å². The van der Waals surface area contributed by atoms with E-state index in [-0.39, 0.29) is 0 Å². The zero-order valence-corrected chi connectivity index (χ0v) is 16.6. The number of hydrogen-bond acceptors (Lipinski definition) is 4. The van der Waals surface area contributed by atoms with Crippen LogP contribution in [-0.4, -0.2) is 51.8 Å². The second kappa shape index (κ2) is 8.74. The highest BCUT2D eigenvalue weighted by Crippen LogP contribution is 2.33. The van der Waals surface area contributed by atoms with Gasteiger partial charge in [-0.15, -0.1) is 0 Å². The molecule has 2 aliphatic rings. The van der Waals surface area contributed by atoms with Gasteiger partial charge in [0.15, 0.2) is 0 Å². The highest BCUT2D eigenvalue weighted by molar-refractivity contribution is 6.29. The molecule has 0 atom stereocenters. The van der Waals surface area contributed by atoms with Gasteiger partial charge >= 0.3 is 0 Å². The third-order valence-electron chi connectivity index (χ3n) is 5.78. The standard InChI is InChI=1S/C20H26ClF2N5/c21-19-10-18(16(11-24-19)17-6-9-28(26-17)13-20(22)23)25-15-4-2-14(3-5-15)12-27-7-1-8-27/h6,9-11,14-15,20H,1-5,7-8,12-13H2,(H,24,25). The lowest BCUT2D eigenvalue weighted by Gasteiger charge is -2.37. The average Bonchev–Trinajstić information content (AvgIpc) is 3.07. The molecule has 5 nitrogen and oxygen atoms in total. The van der Waals surface area contributed by atoms with Crippen LogP contribution in [0.2, 0.25) is 5.15 Å². The van der Waals surface area contributed by atoms with E-state index >= 15 is 0 Å². The van der Waals surface area contributed by atoms with Gasteiger partial charge in [0.1, 0.15) is 11.7 Å². The Labute approximate surface area is 169 Å². The minimum absolute atomic E-state index is 0.382. The summed E-state index contributed by atoms with van der Waals surface area (Å²) in [6, 6.07) is 3.92. The third kappa shape index (κ3) is 4.81. The lowest BCUT2D eigenvalue weighted by Crippen LogP contribution is -2.41. The highest BCUT2D eigenvalue weighted by Gasteiger charge is 2.25. The molecule has 0 aromatic carbocycles. The van der Waals surface area contributed by atoms with E-state index in [0.29, 0.717) is 16.9 Å². The number of likely N-dealkylation sites (tertiary alicyclic amines) is 1. The number of hydrogen-bond donors (Lipinski definition) is 1. The summed E-state index contributed by atoms with van der Waals surface area (Å²) >= 11 is 6.12. The number of anilines is 1. The van der Waals surface area contributed by atoms with Crippen molar-refractivity contribution in [2.45, 2.75) is 51.1 Å². The van der Waals surface area contributed by atoms with E-state index in [2.05, 4.69) is 20.3 Å². The van der Waals surface area contributed by atoms with Crippen LogP contribution in [0.3, 0.4) is 0 Å². The van der Waals surface area contributed by atoms with Crippen LogP contribution >= 0.6 is 11.6 Å². The lowest BCUT2D eigenvalue weighted by molar-refractivity contribution is 0.122. The smallest absolute Gasteiger partial charge is 0.257 e. The fraction of sp³-hybridized carbons (Fsp3) is 0.600. The van der Waals surface area contributed by atoms with Gasteiger partial charge in [-0.3, -0.25) is 4.68 Å². The van der Waals surface area contributed by atoms with E-state index in [1.165, 1.54) is 43.6 Å². The van der Waals surface area contributed by atoms with E-state index in [4.69, 9.17) is 11.6 Å². The third-order valence-corrected chi connectivity index (χ3v) is 5.99. The minimum atomic E-state index is -2.43. The Bertz CT molecular complexity index is 785. The van der Waals surface area contributed by atoms with Crippen LogP contribution in [0.1, 0.15) is 32.1 Å². The number of aromatic nitrogens is 3. The summed E-state index contributed by atoms with van der Waals surface area (Å²) < 4.78 is 26.5. The van der Waals surface area contributed by atoms with Crippen LogP contribution in [0.15, 0.2) is 24.5 Å². The van der Waals surface area contributed by atoms with Crippen molar-refractivity contribution < 1.29 is 8.78 Å². The normalized spacial score (nSPS) is 23.0. The quantitative estimate of drug-likeness (QED) is 0.682. The van der Waals surface area contributed by atoms with Crippen molar-refractivity contribution in [2.24, 2.45) is 5.92 Å². The number of halogens is 3. The Morgan fingerprint density at radius 2 is 2.00 bits per heavy atom. The molecule has 0 radical (unpaired) electrons. The molecular formula is C20H26ClF2N5. The van der Waals surface area contributed by atoms with Crippen molar-refractivity contribution in [3.63, 3.8) is 0 Å². The van der Waals surface area contributed by atoms with Gasteiger partial charge < -0.3 is 10.2 Å². The summed E-state index contributed by atoms with van der Waals surface area (Å²) in [6.07, 6.45) is 6.85. The van der Waals surface area contributed by atoms with E-state index in [1.807, 2.05) is 0 Å². The van der Waals surface area contributed by atoms with E-state index in [1.54, 1.807) is 24.5 Å². The molecule has 8 heteroatoms. The van der Waals surface area contributed by atoms with Crippen LogP contribution in [-0.2, 0) is 6.54 Å². The second-order valence-corrected chi connectivity index (χ2v) is 8.27. The van der Waals surface area contributed by atoms with Crippen molar-refractivity contribution in [1.82, 2.24) is 19.7 Å². The first kappa shape index (κ1) is 19.6. The predicted molar refractivity (Wildman–Crippen MR) is 107 cm³/mol. The number of alkyl halides is 2. The molecule has 4 rings (SSSR count). The molecule has 2 aromatic heterocycles. The van der Waals surface area contributed by atoms with Gasteiger partial charge in [0.05, 0.1) is 5.69 Å². The number of pyridine rings is 1. The molecule has 28 heavy (non-hydrogen) atoms. The molecule has 1 saturated carbocycles. The van der Waals surface area contributed by atoms with Gasteiger partial charge in [0.25, 0.3) is 6.43 Å². The Hall–Kier alpha value is -1.73. The molecule has 2 fully saturated rings. The summed E-state index contributed by atoms with van der Waals surface area (Å²) in [7, 11) is 0. The Morgan fingerprint density at radius 3 is 2.68 bits per heavy atom. The Morgan fingerprint density at radius 1 is 1.21 bits per heavy atom. The van der Waals surface area contributed by atoms with Gasteiger partial charge in [-0.25, -0.2) is 13.8 Å². The van der Waals surface area contributed by atoms with Crippen LogP contribution in [0.5, 0.6) is 0 Å². The van der Waals surface area contributed by atoms with Crippen molar-refractivity contribution in [1.29, 1.82) is 0 Å². The maximum absolute atomic E-state index is 12.6. The first-order valence-electron chi connectivity index (χ1n) is 10.0. The zero-order valence-electron chi connectivity index (χ0n) is 15.8. The molecule has 1 N–H and O–H groups in total. The maximum Gasteiger partial charge on any atom is 0.257 e. The molecule has 0 amide bonds. The molecule has 3 heterocycles. The summed E-state index contributed by atoms with van der Waals surface area (Å²) in [5, 5.41) is 8.29. The number of rotatable bonds is 7. The van der Waals surface area contributed by atoms with Gasteiger partial charge in [-0.2, -0.15) is 5.10 Å². The zero-order chi connectivity index (χ0) is 19.5. The van der Waals surface area contributed by atoms with Gasteiger partial charge in [0, 0.05) is 36.2 Å². The maximum atomic E-state index is 12.6. The van der Waals surface area contributed by atoms with Crippen LogP contribution < -0.4 is 5.32 Å². The minimum Gasteiger partial charge on any atom is -0.382 e. The highest BCUT2D eigenvalue weighted by atomic mass is 35.5. The average molecular weight is 410 g/mol. The fourth-order valence-electron chi connectivity index (χ4n) is 4.14. The Kier molecular flexibility index (Phi) is 6.11. The van der Waals surface area contributed by atoms with E-state index in [0.717, 1.165) is 30.0 Å². The summed E-state index contributed by atoms with van der Waals surface area (Å²) in [4.78, 5) is 6.71. The number of nitrogens with zero attached hydrogens (tertiary/aromatic N) is 4. The SMILES string of the molecule is FC(F)Cn1ccc(-c2cnc(Cl)cc2NC2CCC(CN3CCC3)CC2)n1. The molecule has 0 bridgehead atoms. The summed E-state index contributed by atoms with van der Waals surface area (Å²) in [5.74, 6) is 0.795. The topological polar surface area (TPSA) is 46.0 Å². The van der Waals surface area contributed by atoms with Crippen molar-refractivity contribution >= 4 is 17.3 Å². The van der Waals surface area contributed by atoms with Crippen molar-refractivity contribution in [2.75, 3.05) is 25.0 Å². The molecule has 0 spiro atoms. The van der Waals surface area contributed by atoms with Gasteiger partial charge in [-0.05, 0) is 63.2 Å². The van der Waals surface area contributed by atoms with E-state index in [9.17, 15) is 8.78 Å². The van der Waals surface area contributed by atoms with Crippen molar-refractivity contribution in [3.05, 3.63) is 29.7 Å². The second-order valence-electron chi connectivity index (χ2n) is 7.88. The van der Waals surface area contributed by atoms with Crippen LogP contribution in [0.25, 0.3) is 11.3 Å². The van der Waals surface area contributed by atoms with Gasteiger partial charge in [0.2, 0.25) is 0 Å². The molecule has 1 saturated heterocycles. The molecule has 1 aliphatic carbocycles. The first-order chi connectivity index (χ1) is 13.6. The largest absolute Gasteiger partial charge is 0.382 e.